The summed E-state index contributed by atoms with van der Waals surface area (Å²) in [6, 6.07) is 15.5. The minimum Gasteiger partial charge on any atom is -0.453 e. The first-order chi connectivity index (χ1) is 18.2. The first kappa shape index (κ1) is 28.2. The highest BCUT2D eigenvalue weighted by Gasteiger charge is 2.39. The van der Waals surface area contributed by atoms with Gasteiger partial charge in [0, 0.05) is 44.6 Å². The minimum atomic E-state index is -0.852. The van der Waals surface area contributed by atoms with Crippen molar-refractivity contribution in [3.8, 4) is 0 Å². The summed E-state index contributed by atoms with van der Waals surface area (Å²) < 4.78 is 17.9. The van der Waals surface area contributed by atoms with Crippen LogP contribution in [0.4, 0.5) is 0 Å². The fourth-order valence-electron chi connectivity index (χ4n) is 4.99. The van der Waals surface area contributed by atoms with Crippen LogP contribution in [-0.4, -0.2) is 64.9 Å². The Hall–Kier alpha value is -2.82. The summed E-state index contributed by atoms with van der Waals surface area (Å²) in [6.45, 7) is 7.40. The highest BCUT2D eigenvalue weighted by molar-refractivity contribution is 5.82. The van der Waals surface area contributed by atoms with Crippen LogP contribution in [0.1, 0.15) is 61.8 Å². The van der Waals surface area contributed by atoms with Gasteiger partial charge in [0.2, 0.25) is 0 Å². The number of aliphatic hydroxyl groups excluding tert-OH is 2. The molecule has 2 aromatic rings. The lowest BCUT2D eigenvalue weighted by atomic mass is 9.90. The molecule has 2 saturated heterocycles. The van der Waals surface area contributed by atoms with E-state index in [1.54, 1.807) is 0 Å². The third-order valence-electron chi connectivity index (χ3n) is 7.24. The molecule has 0 aliphatic carbocycles. The molecule has 9 nitrogen and oxygen atoms in total. The van der Waals surface area contributed by atoms with Crippen LogP contribution in [0, 0.1) is 5.92 Å². The van der Waals surface area contributed by atoms with Gasteiger partial charge in [0.15, 0.2) is 12.4 Å². The van der Waals surface area contributed by atoms with E-state index in [9.17, 15) is 19.8 Å². The summed E-state index contributed by atoms with van der Waals surface area (Å²) >= 11 is 0. The summed E-state index contributed by atoms with van der Waals surface area (Å²) in [5.41, 5.74) is 3.62. The maximum absolute atomic E-state index is 12.1. The van der Waals surface area contributed by atoms with Gasteiger partial charge in [-0.25, -0.2) is 0 Å². The lowest BCUT2D eigenvalue weighted by Crippen LogP contribution is -2.44. The predicted molar refractivity (Wildman–Crippen MR) is 140 cm³/mol. The van der Waals surface area contributed by atoms with Gasteiger partial charge in [0.05, 0.1) is 24.9 Å². The summed E-state index contributed by atoms with van der Waals surface area (Å²) in [6.07, 6.45) is -1.28. The number of aliphatic hydroxyl groups is 2. The van der Waals surface area contributed by atoms with Crippen LogP contribution in [0.25, 0.3) is 0 Å². The number of carbonyl (C=O) groups is 2. The van der Waals surface area contributed by atoms with Gasteiger partial charge in [-0.1, -0.05) is 55.5 Å². The zero-order chi connectivity index (χ0) is 27.2. The van der Waals surface area contributed by atoms with Crippen LogP contribution < -0.4 is 5.32 Å². The number of β-amino-alcohol motifs (C(OH)–C–C–N with tert-alkyl or cyclic N) is 1. The number of likely N-dealkylation sites (tertiary alicyclic amines) is 1. The zero-order valence-electron chi connectivity index (χ0n) is 22.2. The largest absolute Gasteiger partial charge is 0.453 e. The normalized spacial score (nSPS) is 26.6. The van der Waals surface area contributed by atoms with Crippen molar-refractivity contribution in [2.45, 2.75) is 71.0 Å². The molecule has 1 amide bonds. The van der Waals surface area contributed by atoms with Gasteiger partial charge in [-0.2, -0.15) is 0 Å². The predicted octanol–water partition coefficient (Wildman–Crippen LogP) is 2.60. The SMILES string of the molecule is CC(=O)OC(C)C(=O)NCc1ccc(C2OC(CN3CCC(O)C3)C(C)C(c3ccc(CO)cc3)O2)cc1. The van der Waals surface area contributed by atoms with Gasteiger partial charge in [-0.3, -0.25) is 14.5 Å². The average Bonchev–Trinajstić information content (AvgIpc) is 3.32. The van der Waals surface area contributed by atoms with E-state index in [-0.39, 0.29) is 36.7 Å². The second-order valence-corrected chi connectivity index (χ2v) is 10.2. The van der Waals surface area contributed by atoms with Crippen molar-refractivity contribution in [3.63, 3.8) is 0 Å². The molecular weight excluding hydrogens is 488 g/mol. The number of rotatable bonds is 9. The molecule has 0 aromatic heterocycles. The van der Waals surface area contributed by atoms with Crippen molar-refractivity contribution in [2.24, 2.45) is 5.92 Å². The Balaban J connectivity index is 1.46. The number of nitrogens with one attached hydrogen (secondary N) is 1. The van der Waals surface area contributed by atoms with Crippen LogP contribution in [0.3, 0.4) is 0 Å². The molecule has 2 fully saturated rings. The smallest absolute Gasteiger partial charge is 0.303 e. The van der Waals surface area contributed by atoms with Gasteiger partial charge >= 0.3 is 5.97 Å². The molecule has 0 saturated carbocycles. The molecule has 6 unspecified atom stereocenters. The number of hydrogen-bond donors (Lipinski definition) is 3. The number of esters is 1. The quantitative estimate of drug-likeness (QED) is 0.427. The van der Waals surface area contributed by atoms with E-state index >= 15 is 0 Å². The van der Waals surface area contributed by atoms with Crippen LogP contribution in [0.5, 0.6) is 0 Å². The number of nitrogens with zero attached hydrogens (tertiary/aromatic N) is 1. The van der Waals surface area contributed by atoms with Crippen molar-refractivity contribution < 1.29 is 34.0 Å². The zero-order valence-corrected chi connectivity index (χ0v) is 22.2. The number of hydrogen-bond acceptors (Lipinski definition) is 8. The Morgan fingerprint density at radius 3 is 2.34 bits per heavy atom. The molecule has 2 aliphatic rings. The Bertz CT molecular complexity index is 1080. The molecule has 6 atom stereocenters. The lowest BCUT2D eigenvalue weighted by molar-refractivity contribution is -0.276. The van der Waals surface area contributed by atoms with Gasteiger partial charge < -0.3 is 29.7 Å². The third kappa shape index (κ3) is 7.18. The number of ether oxygens (including phenoxy) is 3. The van der Waals surface area contributed by atoms with E-state index in [1.807, 2.05) is 48.5 Å². The van der Waals surface area contributed by atoms with Gasteiger partial charge in [0.25, 0.3) is 5.91 Å². The second kappa shape index (κ2) is 12.8. The maximum Gasteiger partial charge on any atom is 0.303 e. The number of amides is 1. The van der Waals surface area contributed by atoms with E-state index < -0.39 is 18.4 Å². The van der Waals surface area contributed by atoms with Gasteiger partial charge in [-0.15, -0.1) is 0 Å². The van der Waals surface area contributed by atoms with E-state index in [0.29, 0.717) is 19.6 Å². The van der Waals surface area contributed by atoms with E-state index in [0.717, 1.165) is 35.2 Å². The molecule has 38 heavy (non-hydrogen) atoms. The molecule has 0 bridgehead atoms. The van der Waals surface area contributed by atoms with Crippen molar-refractivity contribution in [3.05, 3.63) is 70.8 Å². The fraction of sp³-hybridized carbons (Fsp3) is 0.517. The van der Waals surface area contributed by atoms with E-state index in [4.69, 9.17) is 14.2 Å². The Labute approximate surface area is 223 Å². The molecular formula is C29H38N2O7. The molecule has 2 aromatic carbocycles. The lowest BCUT2D eigenvalue weighted by Gasteiger charge is -2.42. The summed E-state index contributed by atoms with van der Waals surface area (Å²) in [7, 11) is 0. The highest BCUT2D eigenvalue weighted by atomic mass is 16.7. The highest BCUT2D eigenvalue weighted by Crippen LogP contribution is 2.42. The average molecular weight is 527 g/mol. The molecule has 0 spiro atoms. The standard InChI is InChI=1S/C29H38N2O7/c1-18-26(16-31-13-12-25(34)15-31)37-29(38-27(18)23-8-6-22(17-32)7-9-23)24-10-4-21(5-11-24)14-30-28(35)19(2)36-20(3)33/h4-11,18-19,25-27,29,32,34H,12-17H2,1-3H3,(H,30,35). The van der Waals surface area contributed by atoms with Gasteiger partial charge in [-0.05, 0) is 30.0 Å². The Morgan fingerprint density at radius 1 is 1.08 bits per heavy atom. The Morgan fingerprint density at radius 2 is 1.74 bits per heavy atom. The molecule has 9 heteroatoms. The molecule has 206 valence electrons. The maximum atomic E-state index is 12.1. The first-order valence-electron chi connectivity index (χ1n) is 13.2. The molecule has 2 aliphatic heterocycles. The third-order valence-corrected chi connectivity index (χ3v) is 7.24. The monoisotopic (exact) mass is 526 g/mol. The van der Waals surface area contributed by atoms with Crippen LogP contribution in [0.2, 0.25) is 0 Å². The molecule has 3 N–H and O–H groups in total. The van der Waals surface area contributed by atoms with Crippen molar-refractivity contribution in [2.75, 3.05) is 19.6 Å². The second-order valence-electron chi connectivity index (χ2n) is 10.2. The topological polar surface area (TPSA) is 118 Å². The summed E-state index contributed by atoms with van der Waals surface area (Å²) in [4.78, 5) is 25.5. The summed E-state index contributed by atoms with van der Waals surface area (Å²) in [5, 5.41) is 22.2. The first-order valence-corrected chi connectivity index (χ1v) is 13.2. The van der Waals surface area contributed by atoms with Crippen LogP contribution in [0.15, 0.2) is 48.5 Å². The van der Waals surface area contributed by atoms with Gasteiger partial charge in [0.1, 0.15) is 0 Å². The van der Waals surface area contributed by atoms with E-state index in [1.165, 1.54) is 13.8 Å². The summed E-state index contributed by atoms with van der Waals surface area (Å²) in [5.74, 6) is -0.791. The number of benzene rings is 2. The fourth-order valence-corrected chi connectivity index (χ4v) is 4.99. The number of carbonyl (C=O) groups excluding carboxylic acids is 2. The van der Waals surface area contributed by atoms with Crippen molar-refractivity contribution >= 4 is 11.9 Å². The van der Waals surface area contributed by atoms with E-state index in [2.05, 4.69) is 17.1 Å². The molecule has 0 radical (unpaired) electrons. The molecule has 2 heterocycles. The minimum absolute atomic E-state index is 0.0114. The van der Waals surface area contributed by atoms with Crippen LogP contribution >= 0.6 is 0 Å². The van der Waals surface area contributed by atoms with Crippen molar-refractivity contribution in [1.29, 1.82) is 0 Å². The molecule has 4 rings (SSSR count). The Kier molecular flexibility index (Phi) is 9.51. The van der Waals surface area contributed by atoms with Crippen LogP contribution in [-0.2, 0) is 37.0 Å². The van der Waals surface area contributed by atoms with Crippen molar-refractivity contribution in [1.82, 2.24) is 10.2 Å².